The quantitative estimate of drug-likeness (QED) is 0.872. The average Bonchev–Trinajstić information content (AvgIpc) is 2.54. The van der Waals surface area contributed by atoms with Gasteiger partial charge in [0.25, 0.3) is 0 Å². The van der Waals surface area contributed by atoms with Crippen LogP contribution in [-0.2, 0) is 16.6 Å². The van der Waals surface area contributed by atoms with E-state index in [0.29, 0.717) is 17.9 Å². The van der Waals surface area contributed by atoms with E-state index in [1.54, 1.807) is 18.2 Å². The number of rotatable bonds is 5. The van der Waals surface area contributed by atoms with Gasteiger partial charge in [0, 0.05) is 12.7 Å². The van der Waals surface area contributed by atoms with Crippen molar-refractivity contribution in [3.63, 3.8) is 0 Å². The maximum atomic E-state index is 11.6. The van der Waals surface area contributed by atoms with Gasteiger partial charge in [0.1, 0.15) is 10.7 Å². The topological polar surface area (TPSA) is 94.9 Å². The molecule has 0 radical (unpaired) electrons. The maximum Gasteiger partial charge on any atom is 0.241 e. The molecule has 0 fully saturated rings. The number of hydrogen-bond acceptors (Lipinski definition) is 5. The molecule has 21 heavy (non-hydrogen) atoms. The van der Waals surface area contributed by atoms with Crippen molar-refractivity contribution in [1.82, 2.24) is 9.71 Å². The Morgan fingerprint density at radius 1 is 1.19 bits per heavy atom. The predicted molar refractivity (Wildman–Crippen MR) is 79.0 cm³/mol. The number of aromatic nitrogens is 1. The van der Waals surface area contributed by atoms with Crippen LogP contribution in [-0.4, -0.2) is 20.4 Å². The fraction of sp³-hybridized carbons (Fsp3) is 0.143. The standard InChI is InChI=1S/C14H14N4O2S/c1-16-21(19,20)13-6-7-14(18-10-13)17-9-12-4-2-11(8-15)3-5-12/h2-7,10,16H,9H2,1H3,(H,17,18). The first kappa shape index (κ1) is 15.0. The average molecular weight is 302 g/mol. The van der Waals surface area contributed by atoms with Crippen LogP contribution in [0.4, 0.5) is 5.82 Å². The molecule has 0 aliphatic heterocycles. The zero-order chi connectivity index (χ0) is 15.3. The normalized spacial score (nSPS) is 10.9. The first-order valence-electron chi connectivity index (χ1n) is 6.17. The molecule has 0 unspecified atom stereocenters. The second-order valence-corrected chi connectivity index (χ2v) is 6.14. The molecule has 6 nitrogen and oxygen atoms in total. The predicted octanol–water partition coefficient (Wildman–Crippen LogP) is 1.47. The minimum Gasteiger partial charge on any atom is -0.366 e. The van der Waals surface area contributed by atoms with Crippen molar-refractivity contribution in [2.45, 2.75) is 11.4 Å². The number of nitriles is 1. The van der Waals surface area contributed by atoms with Gasteiger partial charge in [-0.3, -0.25) is 0 Å². The smallest absolute Gasteiger partial charge is 0.241 e. The summed E-state index contributed by atoms with van der Waals surface area (Å²) in [6.45, 7) is 0.539. The largest absolute Gasteiger partial charge is 0.366 e. The van der Waals surface area contributed by atoms with Crippen LogP contribution in [0, 0.1) is 11.3 Å². The van der Waals surface area contributed by atoms with E-state index in [9.17, 15) is 8.42 Å². The molecule has 108 valence electrons. The van der Waals surface area contributed by atoms with E-state index in [4.69, 9.17) is 5.26 Å². The molecular weight excluding hydrogens is 288 g/mol. The van der Waals surface area contributed by atoms with E-state index in [0.717, 1.165) is 5.56 Å². The number of nitrogens with zero attached hydrogens (tertiary/aromatic N) is 2. The lowest BCUT2D eigenvalue weighted by Gasteiger charge is -2.07. The Labute approximate surface area is 123 Å². The number of hydrogen-bond donors (Lipinski definition) is 2. The zero-order valence-corrected chi connectivity index (χ0v) is 12.2. The van der Waals surface area contributed by atoms with Crippen LogP contribution in [0.3, 0.4) is 0 Å². The van der Waals surface area contributed by atoms with Gasteiger partial charge in [-0.25, -0.2) is 18.1 Å². The Bertz CT molecular complexity index is 747. The summed E-state index contributed by atoms with van der Waals surface area (Å²) in [5, 5.41) is 11.8. The molecule has 0 atom stereocenters. The number of benzene rings is 1. The van der Waals surface area contributed by atoms with Gasteiger partial charge in [-0.05, 0) is 36.9 Å². The molecule has 0 amide bonds. The molecule has 1 aromatic heterocycles. The van der Waals surface area contributed by atoms with E-state index >= 15 is 0 Å². The first-order chi connectivity index (χ1) is 10.0. The summed E-state index contributed by atoms with van der Waals surface area (Å²) >= 11 is 0. The van der Waals surface area contributed by atoms with E-state index in [-0.39, 0.29) is 4.90 Å². The van der Waals surface area contributed by atoms with Crippen LogP contribution in [0.2, 0.25) is 0 Å². The fourth-order valence-electron chi connectivity index (χ4n) is 1.65. The van der Waals surface area contributed by atoms with Crippen molar-refractivity contribution in [1.29, 1.82) is 5.26 Å². The van der Waals surface area contributed by atoms with Crippen molar-refractivity contribution in [2.24, 2.45) is 0 Å². The van der Waals surface area contributed by atoms with Gasteiger partial charge in [0.2, 0.25) is 10.0 Å². The molecule has 0 aliphatic rings. The lowest BCUT2D eigenvalue weighted by molar-refractivity contribution is 0.588. The van der Waals surface area contributed by atoms with E-state index in [1.807, 2.05) is 12.1 Å². The summed E-state index contributed by atoms with van der Waals surface area (Å²) in [6, 6.07) is 12.3. The van der Waals surface area contributed by atoms with Crippen LogP contribution in [0.25, 0.3) is 0 Å². The SMILES string of the molecule is CNS(=O)(=O)c1ccc(NCc2ccc(C#N)cc2)nc1. The van der Waals surface area contributed by atoms with Crippen molar-refractivity contribution >= 4 is 15.8 Å². The Kier molecular flexibility index (Phi) is 4.52. The molecule has 2 rings (SSSR count). The Hall–Kier alpha value is -2.43. The molecular formula is C14H14N4O2S. The Morgan fingerprint density at radius 3 is 2.43 bits per heavy atom. The summed E-state index contributed by atoms with van der Waals surface area (Å²) in [7, 11) is -2.11. The zero-order valence-electron chi connectivity index (χ0n) is 11.4. The second-order valence-electron chi connectivity index (χ2n) is 4.25. The molecule has 0 saturated carbocycles. The van der Waals surface area contributed by atoms with Crippen LogP contribution < -0.4 is 10.0 Å². The highest BCUT2D eigenvalue weighted by atomic mass is 32.2. The number of pyridine rings is 1. The van der Waals surface area contributed by atoms with E-state index in [2.05, 4.69) is 21.1 Å². The molecule has 0 saturated heterocycles. The summed E-state index contributed by atoms with van der Waals surface area (Å²) < 4.78 is 25.3. The molecule has 1 aromatic carbocycles. The van der Waals surface area contributed by atoms with Crippen molar-refractivity contribution in [3.05, 3.63) is 53.7 Å². The highest BCUT2D eigenvalue weighted by Gasteiger charge is 2.11. The van der Waals surface area contributed by atoms with E-state index in [1.165, 1.54) is 19.3 Å². The lowest BCUT2D eigenvalue weighted by atomic mass is 10.1. The molecule has 0 aliphatic carbocycles. The van der Waals surface area contributed by atoms with Gasteiger partial charge >= 0.3 is 0 Å². The van der Waals surface area contributed by atoms with Crippen molar-refractivity contribution in [2.75, 3.05) is 12.4 Å². The molecule has 0 spiro atoms. The third kappa shape index (κ3) is 3.78. The second kappa shape index (κ2) is 6.35. The Morgan fingerprint density at radius 2 is 1.90 bits per heavy atom. The molecule has 2 aromatic rings. The molecule has 1 heterocycles. The third-order valence-electron chi connectivity index (χ3n) is 2.87. The number of anilines is 1. The summed E-state index contributed by atoms with van der Waals surface area (Å²) in [5.74, 6) is 0.578. The highest BCUT2D eigenvalue weighted by molar-refractivity contribution is 7.89. The van der Waals surface area contributed by atoms with Gasteiger partial charge in [-0.2, -0.15) is 5.26 Å². The van der Waals surface area contributed by atoms with Crippen molar-refractivity contribution in [3.8, 4) is 6.07 Å². The van der Waals surface area contributed by atoms with Gasteiger partial charge in [-0.1, -0.05) is 12.1 Å². The Balaban J connectivity index is 2.02. The monoisotopic (exact) mass is 302 g/mol. The molecule has 0 bridgehead atoms. The highest BCUT2D eigenvalue weighted by Crippen LogP contribution is 2.11. The molecule has 2 N–H and O–H groups in total. The van der Waals surface area contributed by atoms with Crippen LogP contribution >= 0.6 is 0 Å². The fourth-order valence-corrected chi connectivity index (χ4v) is 2.33. The van der Waals surface area contributed by atoms with Gasteiger partial charge in [0.05, 0.1) is 11.6 Å². The van der Waals surface area contributed by atoms with Crippen molar-refractivity contribution < 1.29 is 8.42 Å². The summed E-state index contributed by atoms with van der Waals surface area (Å²) in [6.07, 6.45) is 1.30. The van der Waals surface area contributed by atoms with Crippen LogP contribution in [0.5, 0.6) is 0 Å². The minimum absolute atomic E-state index is 0.119. The summed E-state index contributed by atoms with van der Waals surface area (Å²) in [4.78, 5) is 4.18. The number of nitrogens with one attached hydrogen (secondary N) is 2. The minimum atomic E-state index is -3.46. The van der Waals surface area contributed by atoms with Gasteiger partial charge < -0.3 is 5.32 Å². The maximum absolute atomic E-state index is 11.6. The first-order valence-corrected chi connectivity index (χ1v) is 7.66. The van der Waals surface area contributed by atoms with Crippen LogP contribution in [0.15, 0.2) is 47.5 Å². The number of sulfonamides is 1. The lowest BCUT2D eigenvalue weighted by Crippen LogP contribution is -2.18. The summed E-state index contributed by atoms with van der Waals surface area (Å²) in [5.41, 5.74) is 1.61. The van der Waals surface area contributed by atoms with Gasteiger partial charge in [-0.15, -0.1) is 0 Å². The van der Waals surface area contributed by atoms with E-state index < -0.39 is 10.0 Å². The third-order valence-corrected chi connectivity index (χ3v) is 4.27. The molecule has 7 heteroatoms. The van der Waals surface area contributed by atoms with Gasteiger partial charge in [0.15, 0.2) is 0 Å². The van der Waals surface area contributed by atoms with Crippen LogP contribution in [0.1, 0.15) is 11.1 Å².